The van der Waals surface area contributed by atoms with Gasteiger partial charge in [-0.1, -0.05) is 18.2 Å². The van der Waals surface area contributed by atoms with Crippen LogP contribution in [-0.4, -0.2) is 63.5 Å². The van der Waals surface area contributed by atoms with Crippen molar-refractivity contribution in [3.05, 3.63) is 35.9 Å². The highest BCUT2D eigenvalue weighted by Crippen LogP contribution is 2.27. The highest BCUT2D eigenvalue weighted by Gasteiger charge is 2.38. The van der Waals surface area contributed by atoms with Crippen LogP contribution in [0.25, 0.3) is 0 Å². The van der Waals surface area contributed by atoms with E-state index in [-0.39, 0.29) is 24.2 Å². The molecule has 0 saturated carbocycles. The maximum absolute atomic E-state index is 12.9. The van der Waals surface area contributed by atoms with Gasteiger partial charge in [0.15, 0.2) is 0 Å². The largest absolute Gasteiger partial charge is 0.481 e. The van der Waals surface area contributed by atoms with Gasteiger partial charge in [-0.2, -0.15) is 0 Å². The van der Waals surface area contributed by atoms with E-state index < -0.39 is 12.0 Å². The van der Waals surface area contributed by atoms with Gasteiger partial charge >= 0.3 is 5.97 Å². The number of thioether (sulfide) groups is 1. The maximum atomic E-state index is 12.9. The average molecular weight is 362 g/mol. The van der Waals surface area contributed by atoms with Gasteiger partial charge in [0, 0.05) is 30.8 Å². The number of nitrogens with zero attached hydrogens (tertiary/aromatic N) is 2. The lowest BCUT2D eigenvalue weighted by atomic mass is 9.93. The number of carboxylic acids is 1. The molecular formula is C18H22N2O4S. The van der Waals surface area contributed by atoms with Crippen molar-refractivity contribution < 1.29 is 19.5 Å². The second-order valence-electron chi connectivity index (χ2n) is 6.52. The first-order valence-electron chi connectivity index (χ1n) is 8.50. The van der Waals surface area contributed by atoms with Gasteiger partial charge in [-0.05, 0) is 30.9 Å². The third-order valence-electron chi connectivity index (χ3n) is 4.84. The zero-order valence-corrected chi connectivity index (χ0v) is 14.8. The number of hydrogen-bond donors (Lipinski definition) is 1. The fraction of sp³-hybridized carbons (Fsp3) is 0.500. The summed E-state index contributed by atoms with van der Waals surface area (Å²) in [5.74, 6) is 0.387. The molecule has 2 aliphatic heterocycles. The molecule has 25 heavy (non-hydrogen) atoms. The topological polar surface area (TPSA) is 77.9 Å². The van der Waals surface area contributed by atoms with Gasteiger partial charge in [0.25, 0.3) is 5.91 Å². The normalized spacial score (nSPS) is 21.4. The summed E-state index contributed by atoms with van der Waals surface area (Å²) >= 11 is 1.59. The Morgan fingerprint density at radius 3 is 2.44 bits per heavy atom. The van der Waals surface area contributed by atoms with Gasteiger partial charge in [-0.25, -0.2) is 0 Å². The van der Waals surface area contributed by atoms with Crippen molar-refractivity contribution in [2.75, 3.05) is 24.7 Å². The van der Waals surface area contributed by atoms with E-state index in [1.54, 1.807) is 33.7 Å². The molecule has 2 aliphatic rings. The first kappa shape index (κ1) is 17.8. The molecule has 2 saturated heterocycles. The number of likely N-dealkylation sites (tertiary alicyclic amines) is 1. The molecule has 2 fully saturated rings. The summed E-state index contributed by atoms with van der Waals surface area (Å²) in [5.41, 5.74) is 0.600. The molecule has 0 bridgehead atoms. The van der Waals surface area contributed by atoms with E-state index in [9.17, 15) is 14.4 Å². The second-order valence-corrected chi connectivity index (χ2v) is 7.52. The molecule has 6 nitrogen and oxygen atoms in total. The third kappa shape index (κ3) is 4.15. The summed E-state index contributed by atoms with van der Waals surface area (Å²) in [6, 6.07) is 8.61. The van der Waals surface area contributed by atoms with Crippen molar-refractivity contribution in [2.45, 2.75) is 25.3 Å². The molecule has 2 amide bonds. The van der Waals surface area contributed by atoms with Crippen molar-refractivity contribution in [2.24, 2.45) is 5.92 Å². The Labute approximate surface area is 151 Å². The van der Waals surface area contributed by atoms with Gasteiger partial charge < -0.3 is 14.9 Å². The molecule has 2 heterocycles. The lowest BCUT2D eigenvalue weighted by Gasteiger charge is -2.35. The monoisotopic (exact) mass is 362 g/mol. The highest BCUT2D eigenvalue weighted by molar-refractivity contribution is 7.99. The van der Waals surface area contributed by atoms with Crippen LogP contribution in [0.4, 0.5) is 0 Å². The molecule has 3 rings (SSSR count). The molecule has 0 aliphatic carbocycles. The predicted octanol–water partition coefficient (Wildman–Crippen LogP) is 1.91. The minimum absolute atomic E-state index is 0.0111. The summed E-state index contributed by atoms with van der Waals surface area (Å²) < 4.78 is 0. The molecule has 1 aromatic rings. The van der Waals surface area contributed by atoms with Gasteiger partial charge in [-0.3, -0.25) is 14.4 Å². The van der Waals surface area contributed by atoms with Crippen molar-refractivity contribution >= 4 is 29.5 Å². The SMILES string of the molecule is O=C(O)CC1CCN(C(=O)C2CSCN2C(=O)c2ccccc2)CC1. The van der Waals surface area contributed by atoms with E-state index in [0.717, 1.165) is 0 Å². The van der Waals surface area contributed by atoms with Crippen LogP contribution in [0.3, 0.4) is 0 Å². The van der Waals surface area contributed by atoms with Crippen molar-refractivity contribution in [1.29, 1.82) is 0 Å². The summed E-state index contributed by atoms with van der Waals surface area (Å²) in [4.78, 5) is 39.8. The molecule has 1 unspecified atom stereocenters. The van der Waals surface area contributed by atoms with E-state index in [2.05, 4.69) is 0 Å². The van der Waals surface area contributed by atoms with Crippen LogP contribution in [0.5, 0.6) is 0 Å². The number of piperidine rings is 1. The number of benzene rings is 1. The first-order chi connectivity index (χ1) is 12.1. The summed E-state index contributed by atoms with van der Waals surface area (Å²) in [6.07, 6.45) is 1.59. The van der Waals surface area contributed by atoms with Gasteiger partial charge in [0.2, 0.25) is 5.91 Å². The molecule has 0 spiro atoms. The van der Waals surface area contributed by atoms with Crippen LogP contribution in [0.1, 0.15) is 29.6 Å². The quantitative estimate of drug-likeness (QED) is 0.885. The molecule has 0 aromatic heterocycles. The molecule has 0 radical (unpaired) electrons. The van der Waals surface area contributed by atoms with Crippen molar-refractivity contribution in [3.63, 3.8) is 0 Å². The first-order valence-corrected chi connectivity index (χ1v) is 9.66. The third-order valence-corrected chi connectivity index (χ3v) is 5.85. The minimum Gasteiger partial charge on any atom is -0.481 e. The van der Waals surface area contributed by atoms with Crippen LogP contribution in [0, 0.1) is 5.92 Å². The van der Waals surface area contributed by atoms with E-state index in [1.807, 2.05) is 18.2 Å². The van der Waals surface area contributed by atoms with Gasteiger partial charge in [0.1, 0.15) is 6.04 Å². The number of aliphatic carboxylic acids is 1. The Hall–Kier alpha value is -2.02. The lowest BCUT2D eigenvalue weighted by molar-refractivity contribution is -0.139. The fourth-order valence-corrected chi connectivity index (χ4v) is 4.55. The number of hydrogen-bond acceptors (Lipinski definition) is 4. The molecule has 134 valence electrons. The van der Waals surface area contributed by atoms with Crippen LogP contribution in [0.15, 0.2) is 30.3 Å². The summed E-state index contributed by atoms with van der Waals surface area (Å²) in [6.45, 7) is 1.15. The Morgan fingerprint density at radius 2 is 1.80 bits per heavy atom. The molecular weight excluding hydrogens is 340 g/mol. The van der Waals surface area contributed by atoms with E-state index in [1.165, 1.54) is 0 Å². The van der Waals surface area contributed by atoms with Crippen molar-refractivity contribution in [3.8, 4) is 0 Å². The number of carbonyl (C=O) groups is 3. The van der Waals surface area contributed by atoms with E-state index in [0.29, 0.717) is 43.1 Å². The molecule has 1 aromatic carbocycles. The standard InChI is InChI=1S/C18H22N2O4S/c21-16(22)10-13-6-8-19(9-7-13)18(24)15-11-25-12-20(15)17(23)14-4-2-1-3-5-14/h1-5,13,15H,6-12H2,(H,21,22). The Morgan fingerprint density at radius 1 is 1.12 bits per heavy atom. The maximum Gasteiger partial charge on any atom is 0.303 e. The zero-order valence-electron chi connectivity index (χ0n) is 14.0. The number of amides is 2. The smallest absolute Gasteiger partial charge is 0.303 e. The fourth-order valence-electron chi connectivity index (χ4n) is 3.41. The van der Waals surface area contributed by atoms with Crippen LogP contribution >= 0.6 is 11.8 Å². The number of carboxylic acid groups (broad SMARTS) is 1. The van der Waals surface area contributed by atoms with Crippen LogP contribution in [-0.2, 0) is 9.59 Å². The predicted molar refractivity (Wildman–Crippen MR) is 95.3 cm³/mol. The van der Waals surface area contributed by atoms with E-state index in [4.69, 9.17) is 5.11 Å². The minimum atomic E-state index is -0.781. The summed E-state index contributed by atoms with van der Waals surface area (Å²) in [5, 5.41) is 8.89. The van der Waals surface area contributed by atoms with Crippen LogP contribution < -0.4 is 0 Å². The molecule has 1 N–H and O–H groups in total. The Kier molecular flexibility index (Phi) is 5.63. The number of carbonyl (C=O) groups excluding carboxylic acids is 2. The summed E-state index contributed by atoms with van der Waals surface area (Å²) in [7, 11) is 0. The van der Waals surface area contributed by atoms with Crippen LogP contribution in [0.2, 0.25) is 0 Å². The Bertz CT molecular complexity index is 644. The lowest BCUT2D eigenvalue weighted by Crippen LogP contribution is -2.51. The van der Waals surface area contributed by atoms with Gasteiger partial charge in [-0.15, -0.1) is 11.8 Å². The second kappa shape index (κ2) is 7.91. The number of rotatable bonds is 4. The zero-order chi connectivity index (χ0) is 17.8. The molecule has 7 heteroatoms. The van der Waals surface area contributed by atoms with E-state index >= 15 is 0 Å². The van der Waals surface area contributed by atoms with Crippen molar-refractivity contribution in [1.82, 2.24) is 9.80 Å². The average Bonchev–Trinajstić information content (AvgIpc) is 3.11. The molecule has 1 atom stereocenters. The Balaban J connectivity index is 1.62. The highest BCUT2D eigenvalue weighted by atomic mass is 32.2. The van der Waals surface area contributed by atoms with Gasteiger partial charge in [0.05, 0.1) is 5.88 Å².